The van der Waals surface area contributed by atoms with E-state index in [4.69, 9.17) is 14.4 Å². The van der Waals surface area contributed by atoms with Crippen LogP contribution in [0.4, 0.5) is 0 Å². The smallest absolute Gasteiger partial charge is 0.216 e. The van der Waals surface area contributed by atoms with Gasteiger partial charge in [-0.15, -0.1) is 54.1 Å². The van der Waals surface area contributed by atoms with Gasteiger partial charge in [0.15, 0.2) is 0 Å². The molecule has 0 amide bonds. The number of nitrogens with zero attached hydrogens (tertiary/aromatic N) is 3. The van der Waals surface area contributed by atoms with Crippen molar-refractivity contribution in [1.82, 2.24) is 15.0 Å². The summed E-state index contributed by atoms with van der Waals surface area (Å²) in [6, 6.07) is 43.4. The Morgan fingerprint density at radius 3 is 2.36 bits per heavy atom. The van der Waals surface area contributed by atoms with Gasteiger partial charge in [0.05, 0.1) is 5.58 Å². The number of furan rings is 1. The normalized spacial score (nSPS) is 12.2. The summed E-state index contributed by atoms with van der Waals surface area (Å²) in [5.41, 5.74) is 10.4. The van der Waals surface area contributed by atoms with Gasteiger partial charge >= 0.3 is 0 Å². The van der Waals surface area contributed by atoms with Crippen LogP contribution in [0.2, 0.25) is 0 Å². The first-order chi connectivity index (χ1) is 21.3. The van der Waals surface area contributed by atoms with E-state index < -0.39 is 0 Å². The van der Waals surface area contributed by atoms with E-state index in [-0.39, 0.29) is 20.1 Å². The third kappa shape index (κ3) is 6.55. The first kappa shape index (κ1) is 29.6. The molecule has 0 unspecified atom stereocenters. The van der Waals surface area contributed by atoms with Gasteiger partial charge in [0.2, 0.25) is 5.71 Å². The van der Waals surface area contributed by atoms with Gasteiger partial charge in [-0.05, 0) is 79.2 Å². The van der Waals surface area contributed by atoms with E-state index in [0.29, 0.717) is 5.71 Å². The number of rotatable bonds is 5. The Morgan fingerprint density at radius 2 is 1.52 bits per heavy atom. The summed E-state index contributed by atoms with van der Waals surface area (Å²) in [7, 11) is 0. The summed E-state index contributed by atoms with van der Waals surface area (Å²) in [4.78, 5) is 14.0. The van der Waals surface area contributed by atoms with Crippen molar-refractivity contribution >= 4 is 22.1 Å². The molecule has 3 aromatic carbocycles. The van der Waals surface area contributed by atoms with Crippen LogP contribution in [0.15, 0.2) is 120 Å². The van der Waals surface area contributed by atoms with Crippen LogP contribution in [0.25, 0.3) is 44.6 Å². The second-order valence-electron chi connectivity index (χ2n) is 10.8. The van der Waals surface area contributed by atoms with Crippen LogP contribution < -0.4 is 0 Å². The molecule has 0 spiro atoms. The predicted molar refractivity (Wildman–Crippen MR) is 173 cm³/mol. The molecule has 7 aromatic rings. The van der Waals surface area contributed by atoms with E-state index in [1.807, 2.05) is 54.6 Å². The van der Waals surface area contributed by atoms with Crippen molar-refractivity contribution in [3.63, 3.8) is 0 Å². The molecule has 0 fully saturated rings. The largest absolute Gasteiger partial charge is 0.486 e. The summed E-state index contributed by atoms with van der Waals surface area (Å²) < 4.78 is 6.29. The third-order valence-corrected chi connectivity index (χ3v) is 7.95. The van der Waals surface area contributed by atoms with Crippen LogP contribution in [-0.2, 0) is 45.8 Å². The van der Waals surface area contributed by atoms with Crippen molar-refractivity contribution in [2.24, 2.45) is 0 Å². The topological polar surface area (TPSA) is 51.8 Å². The first-order valence-corrected chi connectivity index (χ1v) is 15.0. The van der Waals surface area contributed by atoms with E-state index in [0.717, 1.165) is 70.2 Å². The molecule has 0 saturated carbocycles. The van der Waals surface area contributed by atoms with Crippen LogP contribution in [0, 0.1) is 12.1 Å². The summed E-state index contributed by atoms with van der Waals surface area (Å²) in [5, 5.41) is 2.12. The molecular formula is C39H31IrN3O-2. The molecule has 8 rings (SSSR count). The van der Waals surface area contributed by atoms with Crippen molar-refractivity contribution in [2.75, 3.05) is 0 Å². The third-order valence-electron chi connectivity index (χ3n) is 7.95. The first-order valence-electron chi connectivity index (χ1n) is 15.0. The van der Waals surface area contributed by atoms with Gasteiger partial charge in [0.25, 0.3) is 0 Å². The van der Waals surface area contributed by atoms with Gasteiger partial charge in [-0.2, -0.15) is 0 Å². The minimum absolute atomic E-state index is 0. The summed E-state index contributed by atoms with van der Waals surface area (Å²) in [6.45, 7) is 0. The number of fused-ring (bicyclic) bond motifs is 4. The van der Waals surface area contributed by atoms with Gasteiger partial charge < -0.3 is 14.4 Å². The molecule has 1 radical (unpaired) electrons. The van der Waals surface area contributed by atoms with E-state index >= 15 is 0 Å². The van der Waals surface area contributed by atoms with E-state index in [9.17, 15) is 0 Å². The van der Waals surface area contributed by atoms with Crippen molar-refractivity contribution < 1.29 is 24.5 Å². The zero-order valence-electron chi connectivity index (χ0n) is 24.3. The Kier molecular flexibility index (Phi) is 9.36. The Bertz CT molecular complexity index is 1930. The molecule has 4 heterocycles. The van der Waals surface area contributed by atoms with Crippen LogP contribution in [-0.4, -0.2) is 15.0 Å². The zero-order valence-corrected chi connectivity index (χ0v) is 26.7. The average molecular weight is 750 g/mol. The molecule has 44 heavy (non-hydrogen) atoms. The molecular weight excluding hydrogens is 719 g/mol. The van der Waals surface area contributed by atoms with Crippen molar-refractivity contribution in [2.45, 2.75) is 38.5 Å². The molecule has 0 N–H and O–H groups in total. The number of hydrogen-bond acceptors (Lipinski definition) is 4. The summed E-state index contributed by atoms with van der Waals surface area (Å²) in [6.07, 6.45) is 8.33. The Labute approximate surface area is 271 Å². The van der Waals surface area contributed by atoms with Crippen LogP contribution in [0.3, 0.4) is 0 Å². The van der Waals surface area contributed by atoms with E-state index in [1.165, 1.54) is 29.7 Å². The fraction of sp³-hybridized carbons (Fsp3) is 0.154. The van der Waals surface area contributed by atoms with Gasteiger partial charge in [0, 0.05) is 43.1 Å². The van der Waals surface area contributed by atoms with Crippen LogP contribution >= 0.6 is 0 Å². The van der Waals surface area contributed by atoms with Crippen molar-refractivity contribution in [1.29, 1.82) is 0 Å². The maximum atomic E-state index is 6.29. The zero-order chi connectivity index (χ0) is 28.8. The summed E-state index contributed by atoms with van der Waals surface area (Å²) >= 11 is 0. The fourth-order valence-corrected chi connectivity index (χ4v) is 5.70. The number of benzene rings is 3. The maximum absolute atomic E-state index is 6.29. The van der Waals surface area contributed by atoms with Crippen molar-refractivity contribution in [3.05, 3.63) is 150 Å². The molecule has 1 aliphatic carbocycles. The fourth-order valence-electron chi connectivity index (χ4n) is 5.70. The Balaban J connectivity index is 0.000000222. The summed E-state index contributed by atoms with van der Waals surface area (Å²) in [5.74, 6) is 0. The Morgan fingerprint density at radius 1 is 0.659 bits per heavy atom. The second-order valence-corrected chi connectivity index (χ2v) is 10.8. The molecule has 5 heteroatoms. The molecule has 219 valence electrons. The monoisotopic (exact) mass is 750 g/mol. The van der Waals surface area contributed by atoms with Gasteiger partial charge in [-0.3, -0.25) is 0 Å². The molecule has 0 aliphatic heterocycles. The molecule has 1 aliphatic rings. The standard InChI is InChI=1S/C28H23N2O.C11H8N.Ir/c1-2-7-19(8-3-1)13-15-21-16-17-23-22-10-6-11-24(27(22)31-28(23)29-21)26-18-14-20-9-4-5-12-25(20)30-26;1-2-6-10(7-3-1)11-8-4-5-9-12-11;/h1-3,6-8,10,14,16-18H,4-5,9,12-13,15H2;1-6,8-9H;/q2*-1;. The number of aryl methyl sites for hydroxylation is 4. The molecule has 0 saturated heterocycles. The molecule has 4 nitrogen and oxygen atoms in total. The molecule has 0 atom stereocenters. The molecule has 4 aromatic heterocycles. The quantitative estimate of drug-likeness (QED) is 0.165. The number of aromatic nitrogens is 3. The number of pyridine rings is 3. The van der Waals surface area contributed by atoms with Gasteiger partial charge in [-0.1, -0.05) is 65.5 Å². The van der Waals surface area contributed by atoms with Gasteiger partial charge in [-0.25, -0.2) is 4.98 Å². The number of hydrogen-bond donors (Lipinski definition) is 0. The van der Waals surface area contributed by atoms with Gasteiger partial charge in [0.1, 0.15) is 0 Å². The second kappa shape index (κ2) is 13.9. The SMILES string of the molecule is [Ir].[c-]1ccc2c(oc3nc(CCc4ccccc4)ccc32)c1-c1ccc2c(n1)CCCC2.[c-]1ccccc1-c1ccccn1. The van der Waals surface area contributed by atoms with Crippen LogP contribution in [0.1, 0.15) is 35.4 Å². The Hall–Kier alpha value is -4.44. The maximum Gasteiger partial charge on any atom is 0.216 e. The predicted octanol–water partition coefficient (Wildman–Crippen LogP) is 9.05. The minimum atomic E-state index is 0. The van der Waals surface area contributed by atoms with E-state index in [1.54, 1.807) is 6.20 Å². The molecule has 0 bridgehead atoms. The minimum Gasteiger partial charge on any atom is -0.486 e. The van der Waals surface area contributed by atoms with Crippen molar-refractivity contribution in [3.8, 4) is 22.5 Å². The average Bonchev–Trinajstić information content (AvgIpc) is 3.47. The van der Waals surface area contributed by atoms with Crippen LogP contribution in [0.5, 0.6) is 0 Å². The van der Waals surface area contributed by atoms with E-state index in [2.05, 4.69) is 71.7 Å².